The molecule has 1 heterocycles. The van der Waals surface area contributed by atoms with E-state index >= 15 is 0 Å². The monoisotopic (exact) mass is 226 g/mol. The van der Waals surface area contributed by atoms with Gasteiger partial charge in [0.1, 0.15) is 11.5 Å². The van der Waals surface area contributed by atoms with Crippen molar-refractivity contribution in [3.63, 3.8) is 0 Å². The third-order valence-corrected chi connectivity index (χ3v) is 2.70. The molecule has 0 aromatic carbocycles. The van der Waals surface area contributed by atoms with Gasteiger partial charge in [0.2, 0.25) is 0 Å². The first-order valence-corrected chi connectivity index (χ1v) is 5.25. The molecule has 5 N–H and O–H groups in total. The van der Waals surface area contributed by atoms with Crippen molar-refractivity contribution in [1.82, 2.24) is 15.5 Å². The van der Waals surface area contributed by atoms with E-state index in [9.17, 15) is 4.79 Å². The van der Waals surface area contributed by atoms with Crippen LogP contribution in [0.4, 0.5) is 5.82 Å². The van der Waals surface area contributed by atoms with E-state index in [1.54, 1.807) is 0 Å². The van der Waals surface area contributed by atoms with Crippen LogP contribution in [0.3, 0.4) is 0 Å². The summed E-state index contributed by atoms with van der Waals surface area (Å²) >= 11 is 0. The smallest absolute Gasteiger partial charge is 0.269 e. The second kappa shape index (κ2) is 4.98. The number of amides is 1. The molecule has 6 heteroatoms. The number of nitrogens with two attached hydrogens (primary N) is 1. The number of hydrogen-bond donors (Lipinski definition) is 4. The number of nitrogen functional groups attached to an aromatic ring is 1. The Labute approximate surface area is 94.2 Å². The summed E-state index contributed by atoms with van der Waals surface area (Å²) < 4.78 is 0. The number of carbonyl (C=O) groups excluding carboxylic acids is 1. The predicted molar refractivity (Wildman–Crippen MR) is 60.9 cm³/mol. The minimum absolute atomic E-state index is 0.0374. The molecule has 90 valence electrons. The van der Waals surface area contributed by atoms with Crippen LogP contribution in [0.1, 0.15) is 37.2 Å². The number of H-pyrrole nitrogens is 1. The minimum atomic E-state index is -0.411. The summed E-state index contributed by atoms with van der Waals surface area (Å²) in [7, 11) is 0. The third kappa shape index (κ3) is 2.96. The van der Waals surface area contributed by atoms with Crippen LogP contribution >= 0.6 is 0 Å². The lowest BCUT2D eigenvalue weighted by Gasteiger charge is -2.28. The number of nitrogens with one attached hydrogen (secondary N) is 2. The molecular formula is C10H18N4O2. The summed E-state index contributed by atoms with van der Waals surface area (Å²) in [5.74, 6) is 0.0208. The lowest BCUT2D eigenvalue weighted by Crippen LogP contribution is -2.46. The Hall–Kier alpha value is -1.56. The van der Waals surface area contributed by atoms with Crippen LogP contribution in [-0.2, 0) is 0 Å². The number of rotatable bonds is 5. The van der Waals surface area contributed by atoms with Gasteiger partial charge in [-0.05, 0) is 19.8 Å². The summed E-state index contributed by atoms with van der Waals surface area (Å²) in [4.78, 5) is 11.8. The van der Waals surface area contributed by atoms with E-state index < -0.39 is 5.54 Å². The normalized spacial score (nSPS) is 14.4. The summed E-state index contributed by atoms with van der Waals surface area (Å²) in [6.07, 6.45) is 1.25. The summed E-state index contributed by atoms with van der Waals surface area (Å²) in [5.41, 5.74) is 5.33. The quantitative estimate of drug-likeness (QED) is 0.578. The van der Waals surface area contributed by atoms with Crippen LogP contribution in [0.2, 0.25) is 0 Å². The van der Waals surface area contributed by atoms with Crippen LogP contribution in [0.5, 0.6) is 0 Å². The van der Waals surface area contributed by atoms with Crippen LogP contribution in [0, 0.1) is 0 Å². The number of aromatic amines is 1. The number of aliphatic hydroxyl groups excluding tert-OH is 1. The van der Waals surface area contributed by atoms with Gasteiger partial charge in [0.15, 0.2) is 0 Å². The van der Waals surface area contributed by atoms with Crippen molar-refractivity contribution in [1.29, 1.82) is 0 Å². The molecule has 0 saturated carbocycles. The molecule has 0 bridgehead atoms. The second-order valence-electron chi connectivity index (χ2n) is 4.05. The minimum Gasteiger partial charge on any atom is -0.396 e. The first-order valence-electron chi connectivity index (χ1n) is 5.25. The lowest BCUT2D eigenvalue weighted by atomic mass is 9.95. The molecule has 6 nitrogen and oxygen atoms in total. The molecule has 0 saturated heterocycles. The van der Waals surface area contributed by atoms with Crippen molar-refractivity contribution >= 4 is 11.7 Å². The van der Waals surface area contributed by atoms with E-state index in [2.05, 4.69) is 15.5 Å². The summed E-state index contributed by atoms with van der Waals surface area (Å²) in [6, 6.07) is 1.48. The van der Waals surface area contributed by atoms with Gasteiger partial charge in [0, 0.05) is 18.2 Å². The maximum atomic E-state index is 11.8. The highest BCUT2D eigenvalue weighted by atomic mass is 16.3. The molecule has 0 aliphatic carbocycles. The van der Waals surface area contributed by atoms with Crippen LogP contribution < -0.4 is 11.1 Å². The maximum Gasteiger partial charge on any atom is 0.269 e. The molecule has 0 fully saturated rings. The Morgan fingerprint density at radius 1 is 1.75 bits per heavy atom. The topological polar surface area (TPSA) is 104 Å². The van der Waals surface area contributed by atoms with Crippen LogP contribution in [0.25, 0.3) is 0 Å². The van der Waals surface area contributed by atoms with Gasteiger partial charge in [-0.3, -0.25) is 9.89 Å². The van der Waals surface area contributed by atoms with Gasteiger partial charge < -0.3 is 16.2 Å². The number of aliphatic hydroxyl groups is 1. The Bertz CT molecular complexity index is 363. The number of anilines is 1. The zero-order valence-electron chi connectivity index (χ0n) is 9.58. The molecule has 0 radical (unpaired) electrons. The molecule has 0 spiro atoms. The Kier molecular flexibility index (Phi) is 3.89. The number of hydrogen-bond acceptors (Lipinski definition) is 4. The highest BCUT2D eigenvalue weighted by Gasteiger charge is 2.24. The van der Waals surface area contributed by atoms with Crippen molar-refractivity contribution in [2.75, 3.05) is 12.3 Å². The number of nitrogens with zero attached hydrogens (tertiary/aromatic N) is 1. The number of aromatic nitrogens is 2. The molecule has 1 unspecified atom stereocenters. The van der Waals surface area contributed by atoms with Gasteiger partial charge in [-0.2, -0.15) is 5.10 Å². The maximum absolute atomic E-state index is 11.8. The average Bonchev–Trinajstić information content (AvgIpc) is 2.65. The second-order valence-corrected chi connectivity index (χ2v) is 4.05. The molecule has 1 atom stereocenters. The highest BCUT2D eigenvalue weighted by Crippen LogP contribution is 2.14. The van der Waals surface area contributed by atoms with Gasteiger partial charge in [-0.1, -0.05) is 6.92 Å². The molecule has 16 heavy (non-hydrogen) atoms. The third-order valence-electron chi connectivity index (χ3n) is 2.70. The van der Waals surface area contributed by atoms with E-state index in [0.29, 0.717) is 12.1 Å². The van der Waals surface area contributed by atoms with E-state index in [1.807, 2.05) is 13.8 Å². The molecule has 0 aliphatic heterocycles. The zero-order chi connectivity index (χ0) is 12.2. The van der Waals surface area contributed by atoms with Crippen LogP contribution in [0.15, 0.2) is 6.07 Å². The van der Waals surface area contributed by atoms with Gasteiger partial charge in [0.25, 0.3) is 5.91 Å². The molecule has 1 aromatic rings. The Morgan fingerprint density at radius 2 is 2.44 bits per heavy atom. The molecule has 1 rings (SSSR count). The number of carbonyl (C=O) groups is 1. The SMILES string of the molecule is CCC(C)(CCO)NC(=O)c1cc(N)n[nH]1. The highest BCUT2D eigenvalue weighted by molar-refractivity contribution is 5.93. The average molecular weight is 226 g/mol. The first-order chi connectivity index (χ1) is 7.50. The molecule has 0 aliphatic rings. The van der Waals surface area contributed by atoms with Crippen molar-refractivity contribution in [3.8, 4) is 0 Å². The van der Waals surface area contributed by atoms with Crippen molar-refractivity contribution in [3.05, 3.63) is 11.8 Å². The standard InChI is InChI=1S/C10H18N4O2/c1-3-10(2,4-5-15)12-9(16)7-6-8(11)14-13-7/h6,15H,3-5H2,1-2H3,(H,12,16)(H3,11,13,14). The molecule has 1 amide bonds. The van der Waals surface area contributed by atoms with E-state index in [1.165, 1.54) is 6.07 Å². The van der Waals surface area contributed by atoms with E-state index in [-0.39, 0.29) is 18.3 Å². The lowest BCUT2D eigenvalue weighted by molar-refractivity contribution is 0.0881. The predicted octanol–water partition coefficient (Wildman–Crippen LogP) is 0.273. The Morgan fingerprint density at radius 3 is 2.88 bits per heavy atom. The van der Waals surface area contributed by atoms with Gasteiger partial charge in [-0.25, -0.2) is 0 Å². The summed E-state index contributed by atoms with van der Waals surface area (Å²) in [5, 5.41) is 18.0. The summed E-state index contributed by atoms with van der Waals surface area (Å²) in [6.45, 7) is 3.88. The van der Waals surface area contributed by atoms with E-state index in [4.69, 9.17) is 10.8 Å². The van der Waals surface area contributed by atoms with Crippen molar-refractivity contribution in [2.24, 2.45) is 0 Å². The Balaban J connectivity index is 2.69. The first kappa shape index (κ1) is 12.5. The fraction of sp³-hybridized carbons (Fsp3) is 0.600. The van der Waals surface area contributed by atoms with E-state index in [0.717, 1.165) is 6.42 Å². The van der Waals surface area contributed by atoms with Crippen molar-refractivity contribution < 1.29 is 9.90 Å². The largest absolute Gasteiger partial charge is 0.396 e. The van der Waals surface area contributed by atoms with Gasteiger partial charge >= 0.3 is 0 Å². The van der Waals surface area contributed by atoms with Gasteiger partial charge in [0.05, 0.1) is 0 Å². The molecule has 1 aromatic heterocycles. The van der Waals surface area contributed by atoms with Crippen LogP contribution in [-0.4, -0.2) is 33.4 Å². The molecular weight excluding hydrogens is 208 g/mol. The zero-order valence-corrected chi connectivity index (χ0v) is 9.58. The van der Waals surface area contributed by atoms with Gasteiger partial charge in [-0.15, -0.1) is 0 Å². The fourth-order valence-electron chi connectivity index (χ4n) is 1.37. The van der Waals surface area contributed by atoms with Crippen molar-refractivity contribution in [2.45, 2.75) is 32.2 Å². The fourth-order valence-corrected chi connectivity index (χ4v) is 1.37.